The van der Waals surface area contributed by atoms with Gasteiger partial charge in [-0.15, -0.1) is 0 Å². The number of benzene rings is 1. The van der Waals surface area contributed by atoms with Crippen molar-refractivity contribution >= 4 is 34.2 Å². The summed E-state index contributed by atoms with van der Waals surface area (Å²) in [7, 11) is 0. The number of pyridine rings is 1. The van der Waals surface area contributed by atoms with Crippen molar-refractivity contribution in [1.29, 1.82) is 0 Å². The summed E-state index contributed by atoms with van der Waals surface area (Å²) >= 11 is 0. The number of rotatable bonds is 7. The molecule has 0 aliphatic heterocycles. The molecule has 0 atom stereocenters. The van der Waals surface area contributed by atoms with Crippen molar-refractivity contribution in [3.8, 4) is 0 Å². The molecule has 1 aromatic carbocycles. The molecule has 136 valence electrons. The molecule has 0 saturated heterocycles. The SMILES string of the molecule is CCOC(=O)C(=CNc1ncc([N+](=O)[O-])c2ccccc12)C(=O)OCC. The van der Waals surface area contributed by atoms with Gasteiger partial charge in [-0.2, -0.15) is 0 Å². The van der Waals surface area contributed by atoms with Crippen LogP contribution in [0.4, 0.5) is 11.5 Å². The van der Waals surface area contributed by atoms with E-state index in [0.29, 0.717) is 10.8 Å². The predicted octanol–water partition coefficient (Wildman–Crippen LogP) is 2.57. The molecule has 1 aromatic heterocycles. The fourth-order valence-electron chi connectivity index (χ4n) is 2.20. The van der Waals surface area contributed by atoms with Gasteiger partial charge in [0.05, 0.1) is 23.5 Å². The van der Waals surface area contributed by atoms with Crippen molar-refractivity contribution in [3.05, 3.63) is 52.3 Å². The Kier molecular flexibility index (Phi) is 6.20. The Morgan fingerprint density at radius 1 is 1.15 bits per heavy atom. The molecule has 0 spiro atoms. The van der Waals surface area contributed by atoms with Gasteiger partial charge in [-0.3, -0.25) is 10.1 Å². The molecule has 0 bridgehead atoms. The quantitative estimate of drug-likeness (QED) is 0.200. The number of hydrogen-bond acceptors (Lipinski definition) is 8. The number of carbonyl (C=O) groups is 2. The highest BCUT2D eigenvalue weighted by Crippen LogP contribution is 2.29. The Labute approximate surface area is 148 Å². The fraction of sp³-hybridized carbons (Fsp3) is 0.235. The van der Waals surface area contributed by atoms with Crippen LogP contribution in [0.1, 0.15) is 13.8 Å². The predicted molar refractivity (Wildman–Crippen MR) is 93.4 cm³/mol. The van der Waals surface area contributed by atoms with E-state index in [4.69, 9.17) is 9.47 Å². The number of anilines is 1. The first-order valence-electron chi connectivity index (χ1n) is 7.82. The number of fused-ring (bicyclic) bond motifs is 1. The van der Waals surface area contributed by atoms with Gasteiger partial charge in [0.25, 0.3) is 5.69 Å². The molecule has 1 heterocycles. The minimum Gasteiger partial charge on any atom is -0.462 e. The summed E-state index contributed by atoms with van der Waals surface area (Å²) in [5.41, 5.74) is -0.482. The summed E-state index contributed by atoms with van der Waals surface area (Å²) in [6, 6.07) is 6.58. The number of nitrogens with zero attached hydrogens (tertiary/aromatic N) is 2. The molecule has 9 nitrogen and oxygen atoms in total. The highest BCUT2D eigenvalue weighted by molar-refractivity contribution is 6.14. The summed E-state index contributed by atoms with van der Waals surface area (Å²) in [4.78, 5) is 38.5. The fourth-order valence-corrected chi connectivity index (χ4v) is 2.20. The van der Waals surface area contributed by atoms with Crippen LogP contribution in [-0.2, 0) is 19.1 Å². The third kappa shape index (κ3) is 4.12. The first-order valence-corrected chi connectivity index (χ1v) is 7.82. The maximum absolute atomic E-state index is 11.9. The zero-order chi connectivity index (χ0) is 19.1. The molecule has 0 unspecified atom stereocenters. The molecular formula is C17H17N3O6. The van der Waals surface area contributed by atoms with E-state index < -0.39 is 16.9 Å². The summed E-state index contributed by atoms with van der Waals surface area (Å²) in [5, 5.41) is 14.7. The molecule has 0 aliphatic rings. The molecule has 0 fully saturated rings. The van der Waals surface area contributed by atoms with Crippen LogP contribution < -0.4 is 5.32 Å². The number of hydrogen-bond donors (Lipinski definition) is 1. The molecule has 9 heteroatoms. The average Bonchev–Trinajstić information content (AvgIpc) is 2.62. The van der Waals surface area contributed by atoms with Crippen LogP contribution in [0.5, 0.6) is 0 Å². The number of aromatic nitrogens is 1. The van der Waals surface area contributed by atoms with Crippen LogP contribution in [-0.4, -0.2) is 35.1 Å². The second kappa shape index (κ2) is 8.56. The van der Waals surface area contributed by atoms with Gasteiger partial charge in [-0.05, 0) is 19.9 Å². The van der Waals surface area contributed by atoms with Gasteiger partial charge in [-0.1, -0.05) is 18.2 Å². The highest BCUT2D eigenvalue weighted by Gasteiger charge is 2.21. The number of nitro groups is 1. The van der Waals surface area contributed by atoms with Crippen molar-refractivity contribution < 1.29 is 24.0 Å². The van der Waals surface area contributed by atoms with Crippen molar-refractivity contribution in [3.63, 3.8) is 0 Å². The van der Waals surface area contributed by atoms with E-state index in [-0.39, 0.29) is 30.3 Å². The van der Waals surface area contributed by atoms with Gasteiger partial charge in [0, 0.05) is 11.6 Å². The van der Waals surface area contributed by atoms with Gasteiger partial charge in [0.1, 0.15) is 12.0 Å². The van der Waals surface area contributed by atoms with Crippen LogP contribution in [0, 0.1) is 10.1 Å². The summed E-state index contributed by atoms with van der Waals surface area (Å²) in [5.74, 6) is -1.44. The molecule has 2 aromatic rings. The second-order valence-corrected chi connectivity index (χ2v) is 4.94. The third-order valence-electron chi connectivity index (χ3n) is 3.31. The van der Waals surface area contributed by atoms with Crippen molar-refractivity contribution in [1.82, 2.24) is 4.98 Å². The van der Waals surface area contributed by atoms with Crippen LogP contribution in [0.2, 0.25) is 0 Å². The van der Waals surface area contributed by atoms with Crippen molar-refractivity contribution in [2.75, 3.05) is 18.5 Å². The Bertz CT molecular complexity index is 858. The van der Waals surface area contributed by atoms with E-state index in [1.165, 1.54) is 0 Å². The molecular weight excluding hydrogens is 342 g/mol. The van der Waals surface area contributed by atoms with Gasteiger partial charge >= 0.3 is 11.9 Å². The first kappa shape index (κ1) is 18.8. The molecule has 0 amide bonds. The summed E-state index contributed by atoms with van der Waals surface area (Å²) < 4.78 is 9.68. The maximum Gasteiger partial charge on any atom is 0.347 e. The third-order valence-corrected chi connectivity index (χ3v) is 3.31. The number of ether oxygens (including phenoxy) is 2. The summed E-state index contributed by atoms with van der Waals surface area (Å²) in [6.07, 6.45) is 2.23. The Balaban J connectivity index is 2.43. The minimum absolute atomic E-state index is 0.0916. The smallest absolute Gasteiger partial charge is 0.347 e. The molecule has 26 heavy (non-hydrogen) atoms. The highest BCUT2D eigenvalue weighted by atomic mass is 16.6. The van der Waals surface area contributed by atoms with Gasteiger partial charge in [0.2, 0.25) is 0 Å². The minimum atomic E-state index is -0.843. The van der Waals surface area contributed by atoms with Gasteiger partial charge in [-0.25, -0.2) is 14.6 Å². The van der Waals surface area contributed by atoms with E-state index in [9.17, 15) is 19.7 Å². The lowest BCUT2D eigenvalue weighted by Gasteiger charge is -2.09. The normalized spacial score (nSPS) is 10.1. The Hall–Kier alpha value is -3.49. The lowest BCUT2D eigenvalue weighted by Crippen LogP contribution is -2.19. The summed E-state index contributed by atoms with van der Waals surface area (Å²) in [6.45, 7) is 3.40. The molecule has 2 rings (SSSR count). The zero-order valence-electron chi connectivity index (χ0n) is 14.2. The van der Waals surface area contributed by atoms with Gasteiger partial charge in [0.15, 0.2) is 5.57 Å². The average molecular weight is 359 g/mol. The largest absolute Gasteiger partial charge is 0.462 e. The zero-order valence-corrected chi connectivity index (χ0v) is 14.2. The van der Waals surface area contributed by atoms with Crippen LogP contribution in [0.25, 0.3) is 10.8 Å². The van der Waals surface area contributed by atoms with Crippen LogP contribution >= 0.6 is 0 Å². The molecule has 0 radical (unpaired) electrons. The number of carbonyl (C=O) groups excluding carboxylic acids is 2. The van der Waals surface area contributed by atoms with Crippen molar-refractivity contribution in [2.45, 2.75) is 13.8 Å². The number of nitrogens with one attached hydrogen (secondary N) is 1. The van der Waals surface area contributed by atoms with E-state index >= 15 is 0 Å². The van der Waals surface area contributed by atoms with E-state index in [1.54, 1.807) is 38.1 Å². The lowest BCUT2D eigenvalue weighted by molar-refractivity contribution is -0.383. The topological polar surface area (TPSA) is 121 Å². The first-order chi connectivity index (χ1) is 12.5. The van der Waals surface area contributed by atoms with Gasteiger partial charge < -0.3 is 14.8 Å². The molecule has 0 saturated carbocycles. The van der Waals surface area contributed by atoms with Crippen LogP contribution in [0.3, 0.4) is 0 Å². The molecule has 1 N–H and O–H groups in total. The van der Waals surface area contributed by atoms with Crippen LogP contribution in [0.15, 0.2) is 42.2 Å². The monoisotopic (exact) mass is 359 g/mol. The van der Waals surface area contributed by atoms with Crippen molar-refractivity contribution in [2.24, 2.45) is 0 Å². The maximum atomic E-state index is 11.9. The Morgan fingerprint density at radius 2 is 1.73 bits per heavy atom. The second-order valence-electron chi connectivity index (χ2n) is 4.94. The standard InChI is InChI=1S/C17H17N3O6/c1-3-25-16(21)13(17(22)26-4-2)9-18-15-12-8-6-5-7-11(12)14(10-19-15)20(23)24/h5-10H,3-4H2,1-2H3,(H,18,19). The van der Waals surface area contributed by atoms with E-state index in [2.05, 4.69) is 10.3 Å². The van der Waals surface area contributed by atoms with E-state index in [0.717, 1.165) is 12.4 Å². The molecule has 0 aliphatic carbocycles. The number of esters is 2. The Morgan fingerprint density at radius 3 is 2.27 bits per heavy atom. The van der Waals surface area contributed by atoms with E-state index in [1.807, 2.05) is 0 Å². The lowest BCUT2D eigenvalue weighted by atomic mass is 10.1.